The summed E-state index contributed by atoms with van der Waals surface area (Å²) in [7, 11) is 0. The highest BCUT2D eigenvalue weighted by molar-refractivity contribution is 7.14. The molecule has 21 heavy (non-hydrogen) atoms. The van der Waals surface area contributed by atoms with Crippen LogP contribution in [0.2, 0.25) is 0 Å². The lowest BCUT2D eigenvalue weighted by molar-refractivity contribution is 0.166. The maximum atomic E-state index is 4.72. The molecule has 2 aromatic heterocycles. The van der Waals surface area contributed by atoms with Crippen molar-refractivity contribution in [2.45, 2.75) is 45.6 Å². The molecule has 1 atom stereocenters. The van der Waals surface area contributed by atoms with Crippen molar-refractivity contribution in [2.24, 2.45) is 0 Å². The van der Waals surface area contributed by atoms with Gasteiger partial charge in [-0.05, 0) is 52.3 Å². The number of hydrogen-bond acceptors (Lipinski definition) is 4. The van der Waals surface area contributed by atoms with Gasteiger partial charge in [0.15, 0.2) is 0 Å². The highest BCUT2D eigenvalue weighted by atomic mass is 32.1. The molecule has 3 nitrogen and oxygen atoms in total. The molecule has 0 radical (unpaired) electrons. The fourth-order valence-corrected chi connectivity index (χ4v) is 3.73. The fourth-order valence-electron chi connectivity index (χ4n) is 2.98. The predicted octanol–water partition coefficient (Wildman–Crippen LogP) is 4.10. The van der Waals surface area contributed by atoms with Gasteiger partial charge in [-0.3, -0.25) is 4.98 Å². The lowest BCUT2D eigenvalue weighted by atomic mass is 9.93. The Morgan fingerprint density at radius 3 is 2.71 bits per heavy atom. The van der Waals surface area contributed by atoms with Crippen LogP contribution in [0.3, 0.4) is 0 Å². The van der Waals surface area contributed by atoms with Gasteiger partial charge < -0.3 is 4.90 Å². The number of pyridine rings is 1. The van der Waals surface area contributed by atoms with Crippen LogP contribution in [-0.2, 0) is 0 Å². The summed E-state index contributed by atoms with van der Waals surface area (Å²) in [5.41, 5.74) is 2.37. The van der Waals surface area contributed by atoms with Crippen molar-refractivity contribution < 1.29 is 0 Å². The van der Waals surface area contributed by atoms with Gasteiger partial charge in [0.25, 0.3) is 0 Å². The van der Waals surface area contributed by atoms with Crippen molar-refractivity contribution in [1.82, 2.24) is 14.9 Å². The molecule has 1 saturated heterocycles. The summed E-state index contributed by atoms with van der Waals surface area (Å²) in [6.45, 7) is 9.02. The summed E-state index contributed by atoms with van der Waals surface area (Å²) in [5.74, 6) is 0.577. The molecule has 0 spiro atoms. The van der Waals surface area contributed by atoms with E-state index in [-0.39, 0.29) is 0 Å². The Morgan fingerprint density at radius 1 is 1.24 bits per heavy atom. The molecular weight excluding hydrogens is 278 g/mol. The summed E-state index contributed by atoms with van der Waals surface area (Å²) >= 11 is 1.73. The highest BCUT2D eigenvalue weighted by Gasteiger charge is 2.23. The van der Waals surface area contributed by atoms with Gasteiger partial charge in [-0.25, -0.2) is 4.98 Å². The van der Waals surface area contributed by atoms with E-state index in [1.54, 1.807) is 11.3 Å². The molecule has 1 fully saturated rings. The van der Waals surface area contributed by atoms with Crippen molar-refractivity contribution in [1.29, 1.82) is 0 Å². The van der Waals surface area contributed by atoms with Crippen LogP contribution in [0, 0.1) is 6.92 Å². The van der Waals surface area contributed by atoms with E-state index in [1.165, 1.54) is 30.0 Å². The molecule has 3 rings (SSSR count). The van der Waals surface area contributed by atoms with Gasteiger partial charge in [0.2, 0.25) is 0 Å². The number of likely N-dealkylation sites (tertiary alicyclic amines) is 1. The second-order valence-electron chi connectivity index (χ2n) is 6.18. The average molecular weight is 301 g/mol. The molecule has 1 aliphatic heterocycles. The number of hydrogen-bond donors (Lipinski definition) is 0. The molecule has 2 aromatic rings. The van der Waals surface area contributed by atoms with E-state index in [4.69, 9.17) is 4.98 Å². The molecule has 3 heterocycles. The van der Waals surface area contributed by atoms with Crippen LogP contribution >= 0.6 is 11.3 Å². The SMILES string of the molecule is Cc1cnc(-c2ccc(C3CCCN(C(C)C)C3)nc2)s1. The third-order valence-corrected chi connectivity index (χ3v) is 5.22. The third kappa shape index (κ3) is 3.33. The number of aryl methyl sites for hydroxylation is 1. The molecule has 0 bridgehead atoms. The Hall–Kier alpha value is -1.26. The summed E-state index contributed by atoms with van der Waals surface area (Å²) in [6, 6.07) is 5.00. The van der Waals surface area contributed by atoms with Crippen molar-refractivity contribution in [3.05, 3.63) is 35.1 Å². The molecular formula is C17H23N3S. The Labute approximate surface area is 131 Å². The molecule has 0 amide bonds. The smallest absolute Gasteiger partial charge is 0.125 e. The molecule has 0 aliphatic carbocycles. The monoisotopic (exact) mass is 301 g/mol. The molecule has 0 saturated carbocycles. The predicted molar refractivity (Wildman–Crippen MR) is 88.8 cm³/mol. The van der Waals surface area contributed by atoms with Gasteiger partial charge in [0.05, 0.1) is 0 Å². The van der Waals surface area contributed by atoms with Crippen LogP contribution in [0.1, 0.15) is 43.2 Å². The van der Waals surface area contributed by atoms with Gasteiger partial charge >= 0.3 is 0 Å². The van der Waals surface area contributed by atoms with E-state index in [0.29, 0.717) is 12.0 Å². The zero-order valence-corrected chi connectivity index (χ0v) is 13.9. The maximum Gasteiger partial charge on any atom is 0.125 e. The first kappa shape index (κ1) is 14.7. The van der Waals surface area contributed by atoms with E-state index < -0.39 is 0 Å². The third-order valence-electron chi connectivity index (χ3n) is 4.26. The lowest BCUT2D eigenvalue weighted by Gasteiger charge is -2.35. The quantitative estimate of drug-likeness (QED) is 0.854. The largest absolute Gasteiger partial charge is 0.300 e. The summed E-state index contributed by atoms with van der Waals surface area (Å²) in [6.07, 6.45) is 6.45. The van der Waals surface area contributed by atoms with E-state index in [9.17, 15) is 0 Å². The summed E-state index contributed by atoms with van der Waals surface area (Å²) in [5, 5.41) is 1.07. The second kappa shape index (κ2) is 6.24. The van der Waals surface area contributed by atoms with Crippen LogP contribution in [0.25, 0.3) is 10.6 Å². The van der Waals surface area contributed by atoms with Crippen LogP contribution in [-0.4, -0.2) is 34.0 Å². The number of rotatable bonds is 3. The first-order valence-electron chi connectivity index (χ1n) is 7.76. The molecule has 1 unspecified atom stereocenters. The van der Waals surface area contributed by atoms with Gasteiger partial charge in [-0.1, -0.05) is 0 Å². The first-order valence-corrected chi connectivity index (χ1v) is 8.58. The number of aromatic nitrogens is 2. The van der Waals surface area contributed by atoms with Crippen molar-refractivity contribution >= 4 is 11.3 Å². The highest BCUT2D eigenvalue weighted by Crippen LogP contribution is 2.29. The fraction of sp³-hybridized carbons (Fsp3) is 0.529. The lowest BCUT2D eigenvalue weighted by Crippen LogP contribution is -2.39. The van der Waals surface area contributed by atoms with Crippen LogP contribution < -0.4 is 0 Å². The van der Waals surface area contributed by atoms with Gasteiger partial charge in [0.1, 0.15) is 5.01 Å². The zero-order chi connectivity index (χ0) is 14.8. The molecule has 112 valence electrons. The van der Waals surface area contributed by atoms with Crippen LogP contribution in [0.15, 0.2) is 24.5 Å². The minimum absolute atomic E-state index is 0.577. The van der Waals surface area contributed by atoms with Crippen molar-refractivity contribution in [3.8, 4) is 10.6 Å². The number of nitrogens with zero attached hydrogens (tertiary/aromatic N) is 3. The molecule has 0 aromatic carbocycles. The standard InChI is InChI=1S/C17H23N3S/c1-12(2)20-8-4-5-15(11-20)16-7-6-14(10-18-16)17-19-9-13(3)21-17/h6-7,9-10,12,15H,4-5,8,11H2,1-3H3. The molecule has 4 heteroatoms. The van der Waals surface area contributed by atoms with Gasteiger partial charge in [0, 0.05) is 47.0 Å². The van der Waals surface area contributed by atoms with Crippen LogP contribution in [0.5, 0.6) is 0 Å². The Balaban J connectivity index is 1.74. The topological polar surface area (TPSA) is 29.0 Å². The van der Waals surface area contributed by atoms with E-state index in [0.717, 1.165) is 17.1 Å². The van der Waals surface area contributed by atoms with Crippen molar-refractivity contribution in [2.75, 3.05) is 13.1 Å². The Bertz CT molecular complexity index is 588. The molecule has 1 aliphatic rings. The number of thiazole rings is 1. The van der Waals surface area contributed by atoms with Gasteiger partial charge in [-0.15, -0.1) is 11.3 Å². The zero-order valence-electron chi connectivity index (χ0n) is 13.0. The Morgan fingerprint density at radius 2 is 2.10 bits per heavy atom. The second-order valence-corrected chi connectivity index (χ2v) is 7.41. The van der Waals surface area contributed by atoms with E-state index in [2.05, 4.69) is 42.8 Å². The Kier molecular flexibility index (Phi) is 4.36. The average Bonchev–Trinajstić information content (AvgIpc) is 2.94. The van der Waals surface area contributed by atoms with E-state index >= 15 is 0 Å². The number of piperidine rings is 1. The minimum Gasteiger partial charge on any atom is -0.300 e. The van der Waals surface area contributed by atoms with E-state index in [1.807, 2.05) is 12.4 Å². The first-order chi connectivity index (χ1) is 10.1. The normalized spacial score (nSPS) is 20.1. The summed E-state index contributed by atoms with van der Waals surface area (Å²) < 4.78 is 0. The maximum absolute atomic E-state index is 4.72. The minimum atomic E-state index is 0.577. The molecule has 0 N–H and O–H groups in total. The van der Waals surface area contributed by atoms with Gasteiger partial charge in [-0.2, -0.15) is 0 Å². The summed E-state index contributed by atoms with van der Waals surface area (Å²) in [4.78, 5) is 13.0. The van der Waals surface area contributed by atoms with Crippen LogP contribution in [0.4, 0.5) is 0 Å². The van der Waals surface area contributed by atoms with Crippen molar-refractivity contribution in [3.63, 3.8) is 0 Å².